The second-order valence-electron chi connectivity index (χ2n) is 2.50. The summed E-state index contributed by atoms with van der Waals surface area (Å²) in [6, 6.07) is 0. The van der Waals surface area contributed by atoms with Crippen LogP contribution in [0.1, 0.15) is 6.92 Å². The molecule has 0 fully saturated rings. The highest BCUT2D eigenvalue weighted by Gasteiger charge is 2.03. The Balaban J connectivity index is 2.44. The molecule has 2 N–H and O–H groups in total. The molecule has 2 heterocycles. The Bertz CT molecular complexity index is 416. The van der Waals surface area contributed by atoms with Gasteiger partial charge >= 0.3 is 0 Å². The minimum absolute atomic E-state index is 0.181. The maximum Gasteiger partial charge on any atom is 0.223 e. The number of carbonyl (C=O) groups excluding carboxylic acids is 1. The lowest BCUT2D eigenvalue weighted by atomic mass is 10.7. The van der Waals surface area contributed by atoms with Crippen molar-refractivity contribution in [3.05, 3.63) is 12.4 Å². The minimum Gasteiger partial charge on any atom is -0.307 e. The summed E-state index contributed by atoms with van der Waals surface area (Å²) in [7, 11) is 0. The van der Waals surface area contributed by atoms with E-state index in [1.165, 1.54) is 6.92 Å². The number of amides is 1. The number of anilines is 1. The standard InChI is InChI=1S/C7H7N5O/c1-4(13)10-7-11-5-6(12-7)9-3-2-8-5/h2-3H,1H3,(H2,8,9,10,11,12,13). The molecule has 2 aromatic heterocycles. The Morgan fingerprint density at radius 2 is 2.23 bits per heavy atom. The molecule has 0 unspecified atom stereocenters. The van der Waals surface area contributed by atoms with Crippen LogP contribution in [0.2, 0.25) is 0 Å². The first-order chi connectivity index (χ1) is 6.25. The van der Waals surface area contributed by atoms with E-state index in [1.807, 2.05) is 0 Å². The molecule has 2 rings (SSSR count). The maximum absolute atomic E-state index is 10.7. The summed E-state index contributed by atoms with van der Waals surface area (Å²) in [5.74, 6) is 0.188. The lowest BCUT2D eigenvalue weighted by Gasteiger charge is -1.91. The van der Waals surface area contributed by atoms with E-state index in [2.05, 4.69) is 25.3 Å². The Hall–Kier alpha value is -1.98. The Labute approximate surface area is 73.4 Å². The lowest BCUT2D eigenvalue weighted by molar-refractivity contribution is -0.114. The predicted molar refractivity (Wildman–Crippen MR) is 46.0 cm³/mol. The fourth-order valence-electron chi connectivity index (χ4n) is 0.973. The average molecular weight is 177 g/mol. The van der Waals surface area contributed by atoms with Crippen LogP contribution < -0.4 is 5.32 Å². The molecule has 6 heteroatoms. The van der Waals surface area contributed by atoms with Crippen molar-refractivity contribution in [3.8, 4) is 0 Å². The molecule has 1 amide bonds. The number of aromatic nitrogens is 4. The first-order valence-corrected chi connectivity index (χ1v) is 3.70. The van der Waals surface area contributed by atoms with Crippen LogP contribution in [0.3, 0.4) is 0 Å². The molecule has 0 spiro atoms. The van der Waals surface area contributed by atoms with E-state index < -0.39 is 0 Å². The summed E-state index contributed by atoms with van der Waals surface area (Å²) in [5.41, 5.74) is 1.05. The summed E-state index contributed by atoms with van der Waals surface area (Å²) < 4.78 is 0. The van der Waals surface area contributed by atoms with Gasteiger partial charge in [0.1, 0.15) is 0 Å². The van der Waals surface area contributed by atoms with Crippen LogP contribution >= 0.6 is 0 Å². The molecule has 0 saturated heterocycles. The molecular weight excluding hydrogens is 170 g/mol. The van der Waals surface area contributed by atoms with Gasteiger partial charge in [-0.15, -0.1) is 0 Å². The number of fused-ring (bicyclic) bond motifs is 1. The molecule has 0 atom stereocenters. The predicted octanol–water partition coefficient (Wildman–Crippen LogP) is 0.311. The SMILES string of the molecule is CC(=O)Nc1nc2nccnc2[nH]1. The van der Waals surface area contributed by atoms with Crippen molar-refractivity contribution in [2.45, 2.75) is 6.92 Å². The highest BCUT2D eigenvalue weighted by molar-refractivity contribution is 5.88. The van der Waals surface area contributed by atoms with Gasteiger partial charge in [-0.05, 0) is 0 Å². The van der Waals surface area contributed by atoms with Gasteiger partial charge in [0.2, 0.25) is 11.9 Å². The fourth-order valence-corrected chi connectivity index (χ4v) is 0.973. The number of rotatable bonds is 1. The molecule has 0 saturated carbocycles. The number of H-pyrrole nitrogens is 1. The third-order valence-electron chi connectivity index (χ3n) is 1.43. The minimum atomic E-state index is -0.181. The normalized spacial score (nSPS) is 10.2. The van der Waals surface area contributed by atoms with Gasteiger partial charge in [-0.3, -0.25) is 10.1 Å². The highest BCUT2D eigenvalue weighted by Crippen LogP contribution is 2.07. The zero-order valence-corrected chi connectivity index (χ0v) is 6.90. The Morgan fingerprint density at radius 3 is 2.92 bits per heavy atom. The van der Waals surface area contributed by atoms with Crippen molar-refractivity contribution < 1.29 is 4.79 Å². The van der Waals surface area contributed by atoms with Gasteiger partial charge in [-0.25, -0.2) is 9.97 Å². The summed E-state index contributed by atoms with van der Waals surface area (Å²) in [5, 5.41) is 2.51. The Morgan fingerprint density at radius 1 is 1.46 bits per heavy atom. The first-order valence-electron chi connectivity index (χ1n) is 3.70. The van der Waals surface area contributed by atoms with Gasteiger partial charge in [0.25, 0.3) is 0 Å². The first kappa shape index (κ1) is 7.66. The summed E-state index contributed by atoms with van der Waals surface area (Å²) in [4.78, 5) is 25.4. The maximum atomic E-state index is 10.7. The van der Waals surface area contributed by atoms with E-state index >= 15 is 0 Å². The van der Waals surface area contributed by atoms with E-state index in [1.54, 1.807) is 12.4 Å². The molecular formula is C7H7N5O. The van der Waals surface area contributed by atoms with E-state index in [4.69, 9.17) is 0 Å². The number of hydrogen-bond acceptors (Lipinski definition) is 4. The summed E-state index contributed by atoms with van der Waals surface area (Å²) in [6.45, 7) is 1.41. The van der Waals surface area contributed by atoms with Gasteiger partial charge < -0.3 is 4.98 Å². The number of nitrogens with zero attached hydrogens (tertiary/aromatic N) is 3. The fraction of sp³-hybridized carbons (Fsp3) is 0.143. The van der Waals surface area contributed by atoms with Crippen molar-refractivity contribution in [2.24, 2.45) is 0 Å². The number of nitrogens with one attached hydrogen (secondary N) is 2. The number of hydrogen-bond donors (Lipinski definition) is 2. The smallest absolute Gasteiger partial charge is 0.223 e. The van der Waals surface area contributed by atoms with Crippen LogP contribution in [0, 0.1) is 0 Å². The van der Waals surface area contributed by atoms with Crippen molar-refractivity contribution >= 4 is 23.1 Å². The third-order valence-corrected chi connectivity index (χ3v) is 1.43. The number of aromatic amines is 1. The average Bonchev–Trinajstić information content (AvgIpc) is 2.44. The molecule has 66 valence electrons. The summed E-state index contributed by atoms with van der Waals surface area (Å²) >= 11 is 0. The molecule has 13 heavy (non-hydrogen) atoms. The largest absolute Gasteiger partial charge is 0.307 e. The van der Waals surface area contributed by atoms with Crippen LogP contribution in [-0.4, -0.2) is 25.8 Å². The van der Waals surface area contributed by atoms with Crippen molar-refractivity contribution in [3.63, 3.8) is 0 Å². The van der Waals surface area contributed by atoms with E-state index in [0.717, 1.165) is 0 Å². The van der Waals surface area contributed by atoms with E-state index in [9.17, 15) is 4.79 Å². The molecule has 0 radical (unpaired) electrons. The molecule has 6 nitrogen and oxygen atoms in total. The zero-order chi connectivity index (χ0) is 9.26. The van der Waals surface area contributed by atoms with Crippen molar-refractivity contribution in [1.29, 1.82) is 0 Å². The number of carbonyl (C=O) groups is 1. The van der Waals surface area contributed by atoms with Crippen LogP contribution in [0.4, 0.5) is 5.95 Å². The van der Waals surface area contributed by atoms with Crippen LogP contribution in [0.5, 0.6) is 0 Å². The second-order valence-corrected chi connectivity index (χ2v) is 2.50. The molecule has 0 bridgehead atoms. The van der Waals surface area contributed by atoms with Crippen LogP contribution in [0.25, 0.3) is 11.3 Å². The summed E-state index contributed by atoms with van der Waals surface area (Å²) in [6.07, 6.45) is 3.10. The van der Waals surface area contributed by atoms with Crippen LogP contribution in [-0.2, 0) is 4.79 Å². The molecule has 0 aliphatic rings. The van der Waals surface area contributed by atoms with Crippen molar-refractivity contribution in [1.82, 2.24) is 19.9 Å². The second kappa shape index (κ2) is 2.81. The quantitative estimate of drug-likeness (QED) is 0.656. The number of imidazole rings is 1. The van der Waals surface area contributed by atoms with Gasteiger partial charge in [0.15, 0.2) is 11.3 Å². The third kappa shape index (κ3) is 1.46. The zero-order valence-electron chi connectivity index (χ0n) is 6.90. The monoisotopic (exact) mass is 177 g/mol. The van der Waals surface area contributed by atoms with Crippen molar-refractivity contribution in [2.75, 3.05) is 5.32 Å². The topological polar surface area (TPSA) is 83.6 Å². The van der Waals surface area contributed by atoms with Gasteiger partial charge in [-0.1, -0.05) is 0 Å². The van der Waals surface area contributed by atoms with Gasteiger partial charge in [0.05, 0.1) is 0 Å². The molecule has 0 aliphatic carbocycles. The van der Waals surface area contributed by atoms with E-state index in [0.29, 0.717) is 17.2 Å². The molecule has 0 aromatic carbocycles. The molecule has 2 aromatic rings. The molecule has 0 aliphatic heterocycles. The van der Waals surface area contributed by atoms with Crippen LogP contribution in [0.15, 0.2) is 12.4 Å². The highest BCUT2D eigenvalue weighted by atomic mass is 16.1. The van der Waals surface area contributed by atoms with Gasteiger partial charge in [-0.2, -0.15) is 4.98 Å². The van der Waals surface area contributed by atoms with E-state index in [-0.39, 0.29) is 5.91 Å². The Kier molecular flexibility index (Phi) is 1.66. The van der Waals surface area contributed by atoms with Gasteiger partial charge in [0, 0.05) is 19.3 Å². The lowest BCUT2D eigenvalue weighted by Crippen LogP contribution is -2.06.